The predicted molar refractivity (Wildman–Crippen MR) is 115 cm³/mol. The number of halogens is 1. The Hall–Kier alpha value is -3.35. The molecule has 1 saturated heterocycles. The Bertz CT molecular complexity index is 1150. The Morgan fingerprint density at radius 1 is 1.10 bits per heavy atom. The molecule has 1 amide bonds. The van der Waals surface area contributed by atoms with Crippen molar-refractivity contribution in [1.29, 1.82) is 0 Å². The molecule has 0 radical (unpaired) electrons. The smallest absolute Gasteiger partial charge is 0.259 e. The molecule has 0 N–H and O–H groups in total. The van der Waals surface area contributed by atoms with E-state index in [1.165, 1.54) is 6.07 Å². The molecule has 6 nitrogen and oxygen atoms in total. The summed E-state index contributed by atoms with van der Waals surface area (Å²) in [6, 6.07) is 12.0. The predicted octanol–water partition coefficient (Wildman–Crippen LogP) is 3.04. The summed E-state index contributed by atoms with van der Waals surface area (Å²) in [7, 11) is 1.81. The van der Waals surface area contributed by atoms with E-state index in [4.69, 9.17) is 4.74 Å². The summed E-state index contributed by atoms with van der Waals surface area (Å²) in [5.41, 5.74) is 1.11. The van der Waals surface area contributed by atoms with Crippen LogP contribution in [-0.2, 0) is 7.05 Å². The lowest BCUT2D eigenvalue weighted by atomic mass is 10.1. The van der Waals surface area contributed by atoms with E-state index in [0.717, 1.165) is 5.52 Å². The van der Waals surface area contributed by atoms with Gasteiger partial charge in [0.2, 0.25) is 5.43 Å². The topological polar surface area (TPSA) is 54.8 Å². The molecule has 0 aliphatic carbocycles. The molecule has 7 heteroatoms. The molecule has 1 aromatic heterocycles. The van der Waals surface area contributed by atoms with E-state index < -0.39 is 0 Å². The minimum Gasteiger partial charge on any atom is -0.494 e. The number of aromatic nitrogens is 1. The Kier molecular flexibility index (Phi) is 5.44. The van der Waals surface area contributed by atoms with Gasteiger partial charge in [0.1, 0.15) is 17.1 Å². The zero-order chi connectivity index (χ0) is 21.3. The first-order valence-electron chi connectivity index (χ1n) is 10.0. The molecular weight excluding hydrogens is 385 g/mol. The van der Waals surface area contributed by atoms with Crippen LogP contribution in [0.5, 0.6) is 5.75 Å². The first kappa shape index (κ1) is 19.9. The van der Waals surface area contributed by atoms with Crippen LogP contribution in [0.25, 0.3) is 10.9 Å². The average Bonchev–Trinajstić information content (AvgIpc) is 2.76. The first-order chi connectivity index (χ1) is 14.5. The van der Waals surface area contributed by atoms with Gasteiger partial charge in [0.05, 0.1) is 23.2 Å². The molecule has 0 atom stereocenters. The highest BCUT2D eigenvalue weighted by molar-refractivity contribution is 5.97. The lowest BCUT2D eigenvalue weighted by Crippen LogP contribution is -2.49. The summed E-state index contributed by atoms with van der Waals surface area (Å²) in [6.07, 6.45) is 1.59. The van der Waals surface area contributed by atoms with Crippen LogP contribution >= 0.6 is 0 Å². The monoisotopic (exact) mass is 409 g/mol. The Morgan fingerprint density at radius 3 is 2.53 bits per heavy atom. The van der Waals surface area contributed by atoms with Crippen LogP contribution in [0.2, 0.25) is 0 Å². The highest BCUT2D eigenvalue weighted by Crippen LogP contribution is 2.22. The van der Waals surface area contributed by atoms with Gasteiger partial charge in [-0.05, 0) is 37.3 Å². The minimum atomic E-state index is -0.300. The number of piperazine rings is 1. The number of aryl methyl sites for hydroxylation is 1. The summed E-state index contributed by atoms with van der Waals surface area (Å²) < 4.78 is 21.3. The minimum absolute atomic E-state index is 0.137. The van der Waals surface area contributed by atoms with Crippen molar-refractivity contribution in [3.8, 4) is 5.75 Å². The van der Waals surface area contributed by atoms with E-state index in [9.17, 15) is 14.0 Å². The van der Waals surface area contributed by atoms with Gasteiger partial charge in [0.15, 0.2) is 0 Å². The molecule has 0 saturated carbocycles. The van der Waals surface area contributed by atoms with Gasteiger partial charge in [-0.15, -0.1) is 0 Å². The van der Waals surface area contributed by atoms with Gasteiger partial charge in [-0.1, -0.05) is 12.1 Å². The SMILES string of the molecule is CCOc1ccc2c(c1)c(=O)c(C(=O)N1CCN(c3ccccc3F)CC1)cn2C. The number of para-hydroxylation sites is 1. The quantitative estimate of drug-likeness (QED) is 0.665. The number of anilines is 1. The van der Waals surface area contributed by atoms with E-state index in [1.54, 1.807) is 39.9 Å². The number of hydrogen-bond donors (Lipinski definition) is 0. The molecule has 1 aliphatic heterocycles. The third kappa shape index (κ3) is 3.63. The number of nitrogens with zero attached hydrogens (tertiary/aromatic N) is 3. The van der Waals surface area contributed by atoms with Crippen molar-refractivity contribution in [1.82, 2.24) is 9.47 Å². The molecule has 0 bridgehead atoms. The van der Waals surface area contributed by atoms with E-state index in [1.807, 2.05) is 31.0 Å². The number of rotatable bonds is 4. The maximum atomic E-state index is 14.1. The summed E-state index contributed by atoms with van der Waals surface area (Å²) in [5, 5.41) is 0.458. The molecule has 1 aliphatic rings. The normalized spacial score (nSPS) is 14.2. The summed E-state index contributed by atoms with van der Waals surface area (Å²) in [5.74, 6) is 0.0310. The second-order valence-electron chi connectivity index (χ2n) is 7.33. The van der Waals surface area contributed by atoms with Gasteiger partial charge in [-0.2, -0.15) is 0 Å². The number of benzene rings is 2. The van der Waals surface area contributed by atoms with Crippen LogP contribution in [0.4, 0.5) is 10.1 Å². The molecule has 2 aromatic carbocycles. The highest BCUT2D eigenvalue weighted by atomic mass is 19.1. The van der Waals surface area contributed by atoms with Crippen LogP contribution in [-0.4, -0.2) is 48.2 Å². The number of pyridine rings is 1. The van der Waals surface area contributed by atoms with Crippen molar-refractivity contribution in [3.05, 3.63) is 70.3 Å². The van der Waals surface area contributed by atoms with Crippen LogP contribution in [0.15, 0.2) is 53.5 Å². The van der Waals surface area contributed by atoms with Crippen molar-refractivity contribution in [2.45, 2.75) is 6.92 Å². The van der Waals surface area contributed by atoms with Crippen molar-refractivity contribution >= 4 is 22.5 Å². The lowest BCUT2D eigenvalue weighted by Gasteiger charge is -2.36. The van der Waals surface area contributed by atoms with Crippen LogP contribution in [0.3, 0.4) is 0 Å². The van der Waals surface area contributed by atoms with E-state index >= 15 is 0 Å². The molecule has 0 unspecified atom stereocenters. The average molecular weight is 409 g/mol. The second kappa shape index (κ2) is 8.18. The van der Waals surface area contributed by atoms with Crippen molar-refractivity contribution < 1.29 is 13.9 Å². The molecule has 4 rings (SSSR count). The number of carbonyl (C=O) groups is 1. The molecule has 156 valence electrons. The molecule has 30 heavy (non-hydrogen) atoms. The summed E-state index contributed by atoms with van der Waals surface area (Å²) in [4.78, 5) is 29.8. The van der Waals surface area contributed by atoms with Crippen molar-refractivity contribution in [2.75, 3.05) is 37.7 Å². The van der Waals surface area contributed by atoms with E-state index in [0.29, 0.717) is 49.6 Å². The molecular formula is C23H24FN3O3. The van der Waals surface area contributed by atoms with Gasteiger partial charge < -0.3 is 19.1 Å². The Balaban J connectivity index is 1.58. The van der Waals surface area contributed by atoms with Crippen molar-refractivity contribution in [3.63, 3.8) is 0 Å². The van der Waals surface area contributed by atoms with E-state index in [2.05, 4.69) is 0 Å². The highest BCUT2D eigenvalue weighted by Gasteiger charge is 2.26. The van der Waals surface area contributed by atoms with Crippen LogP contribution < -0.4 is 15.1 Å². The third-order valence-electron chi connectivity index (χ3n) is 5.46. The Morgan fingerprint density at radius 2 is 1.83 bits per heavy atom. The lowest BCUT2D eigenvalue weighted by molar-refractivity contribution is 0.0745. The number of ether oxygens (including phenoxy) is 1. The molecule has 1 fully saturated rings. The zero-order valence-corrected chi connectivity index (χ0v) is 17.1. The van der Waals surface area contributed by atoms with Gasteiger partial charge in [0.25, 0.3) is 5.91 Å². The Labute approximate surface area is 174 Å². The number of amides is 1. The fourth-order valence-corrected chi connectivity index (χ4v) is 3.91. The maximum Gasteiger partial charge on any atom is 0.259 e. The van der Waals surface area contributed by atoms with Crippen LogP contribution in [0.1, 0.15) is 17.3 Å². The van der Waals surface area contributed by atoms with Gasteiger partial charge >= 0.3 is 0 Å². The fraction of sp³-hybridized carbons (Fsp3) is 0.304. The fourth-order valence-electron chi connectivity index (χ4n) is 3.91. The maximum absolute atomic E-state index is 14.1. The van der Waals surface area contributed by atoms with Crippen LogP contribution in [0, 0.1) is 5.82 Å². The van der Waals surface area contributed by atoms with Crippen molar-refractivity contribution in [2.24, 2.45) is 7.05 Å². The zero-order valence-electron chi connectivity index (χ0n) is 17.1. The standard InChI is InChI=1S/C23H24FN3O3/c1-3-30-16-8-9-20-17(14-16)22(28)18(15-25(20)2)23(29)27-12-10-26(11-13-27)21-7-5-4-6-19(21)24/h4-9,14-15H,3,10-13H2,1-2H3. The molecule has 2 heterocycles. The molecule has 0 spiro atoms. The first-order valence-corrected chi connectivity index (χ1v) is 10.0. The van der Waals surface area contributed by atoms with Gasteiger partial charge in [-0.25, -0.2) is 4.39 Å². The van der Waals surface area contributed by atoms with Gasteiger partial charge in [0, 0.05) is 39.4 Å². The molecule has 3 aromatic rings. The largest absolute Gasteiger partial charge is 0.494 e. The second-order valence-corrected chi connectivity index (χ2v) is 7.33. The van der Waals surface area contributed by atoms with Gasteiger partial charge in [-0.3, -0.25) is 9.59 Å². The summed E-state index contributed by atoms with van der Waals surface area (Å²) in [6.45, 7) is 4.24. The number of hydrogen-bond acceptors (Lipinski definition) is 4. The number of fused-ring (bicyclic) bond motifs is 1. The third-order valence-corrected chi connectivity index (χ3v) is 5.46. The summed E-state index contributed by atoms with van der Waals surface area (Å²) >= 11 is 0. The number of carbonyl (C=O) groups excluding carboxylic acids is 1. The van der Waals surface area contributed by atoms with E-state index in [-0.39, 0.29) is 22.7 Å².